The third kappa shape index (κ3) is 7.54. The first-order valence-corrected chi connectivity index (χ1v) is 12.9. The van der Waals surface area contributed by atoms with E-state index in [-0.39, 0.29) is 36.2 Å². The van der Waals surface area contributed by atoms with Crippen molar-refractivity contribution in [3.05, 3.63) is 0 Å². The van der Waals surface area contributed by atoms with Gasteiger partial charge in [0.15, 0.2) is 5.25 Å². The lowest BCUT2D eigenvalue weighted by Gasteiger charge is -2.16. The van der Waals surface area contributed by atoms with Crippen molar-refractivity contribution in [2.75, 3.05) is 12.2 Å². The van der Waals surface area contributed by atoms with E-state index in [4.69, 9.17) is 18.3 Å². The molecule has 13 nitrogen and oxygen atoms in total. The Morgan fingerprint density at radius 2 is 1.97 bits per heavy atom. The molecular weight excluding hydrogens is 504 g/mol. The molecule has 0 aliphatic carbocycles. The lowest BCUT2D eigenvalue weighted by atomic mass is 10.0. The predicted octanol–water partition coefficient (Wildman–Crippen LogP) is -0.138. The SMILES string of the molecule is [2H]C([2H])(NC(=O)CCCC[C@@H]1SC[C@@H]2NC(=O)N[C@@H]21)C([2H])([2H])C([2H])([2H])C([2H])([2H])C([2H])([2H])C(=O)ON1C(=O)CC(S(=O)(=O)O)C1=O. The van der Waals surface area contributed by atoms with E-state index in [2.05, 4.69) is 15.5 Å². The number of hydrogen-bond donors (Lipinski definition) is 4. The Hall–Kier alpha value is -2.39. The molecule has 0 saturated carbocycles. The number of rotatable bonds is 13. The van der Waals surface area contributed by atoms with Gasteiger partial charge in [0.05, 0.1) is 18.5 Å². The topological polar surface area (TPSA) is 188 Å². The molecule has 3 aliphatic rings. The fraction of sp³-hybridized carbons (Fsp3) is 0.750. The molecule has 3 rings (SSSR count). The number of hydroxylamine groups is 2. The Labute approximate surface area is 221 Å². The Bertz CT molecular complexity index is 1370. The minimum absolute atomic E-state index is 0.0165. The maximum absolute atomic E-state index is 12.6. The molecule has 4 N–H and O–H groups in total. The largest absolute Gasteiger partial charge is 0.356 e. The summed E-state index contributed by atoms with van der Waals surface area (Å²) in [6.45, 7) is -3.70. The van der Waals surface area contributed by atoms with Gasteiger partial charge in [-0.15, -0.1) is 5.06 Å². The standard InChI is InChI=1S/C20H30N4O9S2/c25-15(7-4-3-6-13-18-12(11-34-13)22-20(29)23-18)21-9-5-1-2-8-17(27)33-24-16(26)10-14(19(24)28)35(30,31)32/h12-14,18H,1-11H2,(H,21,25)(H2,22,23,29)(H,30,31,32)/t12-,13-,14?,18-/m0/s1/i1D2,2D2,5D2,8D2,9D2. The number of carbonyl (C=O) groups is 5. The molecule has 35 heavy (non-hydrogen) atoms. The molecule has 4 atom stereocenters. The molecule has 0 bridgehead atoms. The molecule has 0 radical (unpaired) electrons. The van der Waals surface area contributed by atoms with Gasteiger partial charge in [0, 0.05) is 44.0 Å². The summed E-state index contributed by atoms with van der Waals surface area (Å²) in [5, 5.41) is 4.32. The van der Waals surface area contributed by atoms with Crippen LogP contribution in [0.25, 0.3) is 0 Å². The van der Waals surface area contributed by atoms with E-state index in [1.54, 1.807) is 17.1 Å². The molecule has 3 aliphatic heterocycles. The van der Waals surface area contributed by atoms with Crippen molar-refractivity contribution in [2.45, 2.75) is 80.2 Å². The highest BCUT2D eigenvalue weighted by atomic mass is 32.2. The van der Waals surface area contributed by atoms with Crippen molar-refractivity contribution >= 4 is 51.6 Å². The van der Waals surface area contributed by atoms with Crippen molar-refractivity contribution in [3.8, 4) is 0 Å². The summed E-state index contributed by atoms with van der Waals surface area (Å²) in [5.74, 6) is -6.27. The van der Waals surface area contributed by atoms with Crippen LogP contribution in [0.2, 0.25) is 0 Å². The van der Waals surface area contributed by atoms with Gasteiger partial charge in [0.1, 0.15) is 0 Å². The maximum atomic E-state index is 12.6. The molecular formula is C20H30N4O9S2. The molecule has 3 saturated heterocycles. The Morgan fingerprint density at radius 3 is 2.69 bits per heavy atom. The minimum Gasteiger partial charge on any atom is -0.356 e. The van der Waals surface area contributed by atoms with Gasteiger partial charge in [-0.2, -0.15) is 20.2 Å². The van der Waals surface area contributed by atoms with E-state index in [1.165, 1.54) is 0 Å². The van der Waals surface area contributed by atoms with E-state index in [1.807, 2.05) is 0 Å². The van der Waals surface area contributed by atoms with Gasteiger partial charge in [-0.3, -0.25) is 18.9 Å². The van der Waals surface area contributed by atoms with Gasteiger partial charge in [-0.25, -0.2) is 9.59 Å². The van der Waals surface area contributed by atoms with Crippen LogP contribution in [0.1, 0.15) is 71.3 Å². The smallest absolute Gasteiger partial charge is 0.333 e. The van der Waals surface area contributed by atoms with Crippen LogP contribution in [0.4, 0.5) is 4.79 Å². The third-order valence-electron chi connectivity index (χ3n) is 5.23. The summed E-state index contributed by atoms with van der Waals surface area (Å²) in [5.41, 5.74) is 0. The highest BCUT2D eigenvalue weighted by Crippen LogP contribution is 2.33. The molecule has 3 fully saturated rings. The highest BCUT2D eigenvalue weighted by Gasteiger charge is 2.48. The molecule has 0 spiro atoms. The summed E-state index contributed by atoms with van der Waals surface area (Å²) in [4.78, 5) is 64.8. The first-order valence-electron chi connectivity index (χ1n) is 15.3. The number of amides is 5. The molecule has 0 aromatic heterocycles. The first kappa shape index (κ1) is 16.4. The van der Waals surface area contributed by atoms with Crippen LogP contribution in [0, 0.1) is 0 Å². The molecule has 196 valence electrons. The average Bonchev–Trinajstić information content (AvgIpc) is 3.53. The number of urea groups is 1. The quantitative estimate of drug-likeness (QED) is 0.105. The van der Waals surface area contributed by atoms with E-state index in [9.17, 15) is 32.4 Å². The zero-order valence-electron chi connectivity index (χ0n) is 28.0. The van der Waals surface area contributed by atoms with Crippen molar-refractivity contribution in [1.29, 1.82) is 0 Å². The van der Waals surface area contributed by atoms with Gasteiger partial charge in [0.2, 0.25) is 5.91 Å². The van der Waals surface area contributed by atoms with Crippen LogP contribution in [-0.2, 0) is 34.1 Å². The maximum Gasteiger partial charge on any atom is 0.333 e. The third-order valence-corrected chi connectivity index (χ3v) is 7.83. The lowest BCUT2D eigenvalue weighted by molar-refractivity contribution is -0.197. The van der Waals surface area contributed by atoms with Crippen LogP contribution >= 0.6 is 11.8 Å². The number of nitrogens with one attached hydrogen (secondary N) is 3. The number of unbranched alkanes of at least 4 members (excludes halogenated alkanes) is 1. The van der Waals surface area contributed by atoms with Crippen LogP contribution in [0.5, 0.6) is 0 Å². The number of nitrogens with zero attached hydrogens (tertiary/aromatic N) is 1. The van der Waals surface area contributed by atoms with E-state index in [0.29, 0.717) is 18.6 Å². The summed E-state index contributed by atoms with van der Waals surface area (Å²) in [7, 11) is -5.18. The zero-order valence-corrected chi connectivity index (χ0v) is 19.7. The fourth-order valence-electron chi connectivity index (χ4n) is 3.60. The van der Waals surface area contributed by atoms with Crippen molar-refractivity contribution in [1.82, 2.24) is 21.0 Å². The molecule has 0 aromatic rings. The van der Waals surface area contributed by atoms with Crippen LogP contribution in [-0.4, -0.2) is 82.6 Å². The molecule has 15 heteroatoms. The van der Waals surface area contributed by atoms with Crippen LogP contribution in [0.3, 0.4) is 0 Å². The normalized spacial score (nSPS) is 32.1. The van der Waals surface area contributed by atoms with Crippen LogP contribution < -0.4 is 16.0 Å². The summed E-state index contributed by atoms with van der Waals surface area (Å²) in [6.07, 6.45) is -17.3. The summed E-state index contributed by atoms with van der Waals surface area (Å²) in [6, 6.07) is -0.374. The second-order valence-electron chi connectivity index (χ2n) is 7.65. The second-order valence-corrected chi connectivity index (χ2v) is 10.5. The highest BCUT2D eigenvalue weighted by molar-refractivity contribution is 8.00. The zero-order chi connectivity index (χ0) is 34.6. The Kier molecular flexibility index (Phi) is 5.63. The molecule has 0 aromatic carbocycles. The summed E-state index contributed by atoms with van der Waals surface area (Å²) < 4.78 is 112. The number of imide groups is 1. The van der Waals surface area contributed by atoms with Crippen molar-refractivity contribution in [3.63, 3.8) is 0 Å². The number of carbonyl (C=O) groups excluding carboxylic acids is 5. The minimum atomic E-state index is -5.18. The first-order chi connectivity index (χ1) is 20.3. The van der Waals surface area contributed by atoms with Gasteiger partial charge in [-0.05, 0) is 25.6 Å². The molecule has 1 unspecified atom stereocenters. The monoisotopic (exact) mass is 544 g/mol. The number of hydrogen-bond acceptors (Lipinski definition) is 9. The van der Waals surface area contributed by atoms with Crippen LogP contribution in [0.15, 0.2) is 0 Å². The fourth-order valence-corrected chi connectivity index (χ4v) is 5.85. The van der Waals surface area contributed by atoms with Gasteiger partial charge >= 0.3 is 12.0 Å². The second kappa shape index (κ2) is 12.0. The number of thioether (sulfide) groups is 1. The molecule has 3 heterocycles. The summed E-state index contributed by atoms with van der Waals surface area (Å²) >= 11 is 1.63. The van der Waals surface area contributed by atoms with Crippen molar-refractivity contribution < 1.29 is 55.5 Å². The van der Waals surface area contributed by atoms with Gasteiger partial charge in [-0.1, -0.05) is 12.8 Å². The van der Waals surface area contributed by atoms with Crippen molar-refractivity contribution in [2.24, 2.45) is 0 Å². The Balaban J connectivity index is 1.65. The molecule has 5 amide bonds. The van der Waals surface area contributed by atoms with E-state index in [0.717, 1.165) is 0 Å². The van der Waals surface area contributed by atoms with E-state index < -0.39 is 82.5 Å². The van der Waals surface area contributed by atoms with E-state index >= 15 is 0 Å². The Morgan fingerprint density at radius 1 is 1.20 bits per heavy atom. The average molecular weight is 545 g/mol. The number of fused-ring (bicyclic) bond motifs is 1. The lowest BCUT2D eigenvalue weighted by Crippen LogP contribution is -2.36. The predicted molar refractivity (Wildman–Crippen MR) is 123 cm³/mol. The van der Waals surface area contributed by atoms with Gasteiger partial charge < -0.3 is 20.8 Å². The van der Waals surface area contributed by atoms with Gasteiger partial charge in [0.25, 0.3) is 21.9 Å².